The van der Waals surface area contributed by atoms with Crippen LogP contribution in [0.25, 0.3) is 0 Å². The summed E-state index contributed by atoms with van der Waals surface area (Å²) in [5, 5.41) is 8.65. The zero-order valence-electron chi connectivity index (χ0n) is 12.0. The van der Waals surface area contributed by atoms with Gasteiger partial charge in [0, 0.05) is 6.54 Å². The highest BCUT2D eigenvalue weighted by Crippen LogP contribution is 2.18. The summed E-state index contributed by atoms with van der Waals surface area (Å²) in [6.45, 7) is -0.626. The maximum atomic E-state index is 13.0. The second-order valence-electron chi connectivity index (χ2n) is 4.75. The van der Waals surface area contributed by atoms with Crippen molar-refractivity contribution in [3.8, 4) is 0 Å². The molecule has 0 aromatic heterocycles. The van der Waals surface area contributed by atoms with Gasteiger partial charge in [0.05, 0.1) is 11.4 Å². The molecule has 23 heavy (non-hydrogen) atoms. The van der Waals surface area contributed by atoms with E-state index in [1.54, 1.807) is 30.3 Å². The molecule has 2 aromatic carbocycles. The number of halogens is 1. The Morgan fingerprint density at radius 2 is 1.70 bits per heavy atom. The summed E-state index contributed by atoms with van der Waals surface area (Å²) in [6, 6.07) is 13.0. The Bertz CT molecular complexity index is 764. The maximum Gasteiger partial charge on any atom is 0.258 e. The molecule has 2 N–H and O–H groups in total. The molecule has 1 amide bonds. The Balaban J connectivity index is 2.35. The van der Waals surface area contributed by atoms with Gasteiger partial charge in [-0.25, -0.2) is 18.3 Å². The van der Waals surface area contributed by atoms with Crippen LogP contribution in [0.3, 0.4) is 0 Å². The van der Waals surface area contributed by atoms with Gasteiger partial charge < -0.3 is 0 Å². The number of nitrogens with zero attached hydrogens (tertiary/aromatic N) is 1. The largest absolute Gasteiger partial charge is 0.289 e. The van der Waals surface area contributed by atoms with E-state index in [9.17, 15) is 17.6 Å². The van der Waals surface area contributed by atoms with E-state index in [4.69, 9.17) is 5.21 Å². The van der Waals surface area contributed by atoms with Crippen LogP contribution in [0.4, 0.5) is 4.39 Å². The monoisotopic (exact) mass is 338 g/mol. The molecule has 0 fully saturated rings. The average Bonchev–Trinajstić information content (AvgIpc) is 2.55. The third-order valence-electron chi connectivity index (χ3n) is 3.10. The van der Waals surface area contributed by atoms with Gasteiger partial charge in [-0.2, -0.15) is 4.31 Å². The molecule has 2 aromatic rings. The fourth-order valence-corrected chi connectivity index (χ4v) is 3.35. The molecule has 2 rings (SSSR count). The lowest BCUT2D eigenvalue weighted by molar-refractivity contribution is -0.129. The van der Waals surface area contributed by atoms with Crippen LogP contribution >= 0.6 is 0 Å². The Kier molecular flexibility index (Phi) is 5.43. The summed E-state index contributed by atoms with van der Waals surface area (Å²) in [6.07, 6.45) is 0. The average molecular weight is 338 g/mol. The fourth-order valence-electron chi connectivity index (χ4n) is 1.96. The van der Waals surface area contributed by atoms with Crippen molar-refractivity contribution in [3.05, 3.63) is 66.0 Å². The molecule has 0 atom stereocenters. The number of carbonyl (C=O) groups is 1. The summed E-state index contributed by atoms with van der Waals surface area (Å²) in [5.41, 5.74) is 2.08. The molecule has 0 unspecified atom stereocenters. The molecule has 0 spiro atoms. The highest BCUT2D eigenvalue weighted by molar-refractivity contribution is 7.89. The van der Waals surface area contributed by atoms with Gasteiger partial charge in [0.1, 0.15) is 5.82 Å². The molecule has 0 saturated carbocycles. The van der Waals surface area contributed by atoms with Crippen LogP contribution < -0.4 is 5.48 Å². The smallest absolute Gasteiger partial charge is 0.258 e. The summed E-state index contributed by atoms with van der Waals surface area (Å²) in [7, 11) is -4.03. The first-order chi connectivity index (χ1) is 10.9. The Hall–Kier alpha value is -2.29. The van der Waals surface area contributed by atoms with Gasteiger partial charge in [-0.15, -0.1) is 0 Å². The molecular formula is C15H15FN2O4S. The van der Waals surface area contributed by atoms with Crippen molar-refractivity contribution in [1.82, 2.24) is 9.79 Å². The van der Waals surface area contributed by atoms with E-state index in [1.807, 2.05) is 0 Å². The lowest BCUT2D eigenvalue weighted by Crippen LogP contribution is -2.39. The van der Waals surface area contributed by atoms with Gasteiger partial charge in [-0.3, -0.25) is 10.0 Å². The topological polar surface area (TPSA) is 86.7 Å². The molecule has 0 aliphatic carbocycles. The van der Waals surface area contributed by atoms with Crippen LogP contribution in [0.5, 0.6) is 0 Å². The van der Waals surface area contributed by atoms with Crippen LogP contribution in [0, 0.1) is 5.82 Å². The van der Waals surface area contributed by atoms with Crippen molar-refractivity contribution in [3.63, 3.8) is 0 Å². The third kappa shape index (κ3) is 4.35. The van der Waals surface area contributed by atoms with Gasteiger partial charge in [0.2, 0.25) is 10.0 Å². The van der Waals surface area contributed by atoms with Gasteiger partial charge in [0.15, 0.2) is 0 Å². The molecule has 0 aliphatic rings. The second kappa shape index (κ2) is 7.32. The maximum absolute atomic E-state index is 13.0. The van der Waals surface area contributed by atoms with Crippen molar-refractivity contribution >= 4 is 15.9 Å². The molecule has 0 aliphatic heterocycles. The van der Waals surface area contributed by atoms with Crippen LogP contribution in [-0.2, 0) is 21.4 Å². The number of hydroxylamine groups is 1. The minimum absolute atomic E-state index is 0.0615. The van der Waals surface area contributed by atoms with Crippen molar-refractivity contribution in [2.45, 2.75) is 11.4 Å². The fraction of sp³-hybridized carbons (Fsp3) is 0.133. The zero-order chi connectivity index (χ0) is 16.9. The van der Waals surface area contributed by atoms with Gasteiger partial charge >= 0.3 is 0 Å². The summed E-state index contributed by atoms with van der Waals surface area (Å²) in [5.74, 6) is -1.43. The van der Waals surface area contributed by atoms with Crippen LogP contribution in [-0.4, -0.2) is 30.4 Å². The van der Waals surface area contributed by atoms with E-state index in [-0.39, 0.29) is 11.4 Å². The van der Waals surface area contributed by atoms with Gasteiger partial charge in [-0.1, -0.05) is 30.3 Å². The van der Waals surface area contributed by atoms with E-state index in [0.29, 0.717) is 5.56 Å². The van der Waals surface area contributed by atoms with Gasteiger partial charge in [-0.05, 0) is 29.8 Å². The first kappa shape index (κ1) is 17.1. The van der Waals surface area contributed by atoms with E-state index in [0.717, 1.165) is 28.6 Å². The van der Waals surface area contributed by atoms with E-state index in [1.165, 1.54) is 5.48 Å². The van der Waals surface area contributed by atoms with Crippen LogP contribution in [0.15, 0.2) is 59.5 Å². The van der Waals surface area contributed by atoms with Crippen molar-refractivity contribution < 1.29 is 22.8 Å². The van der Waals surface area contributed by atoms with Crippen molar-refractivity contribution in [1.29, 1.82) is 0 Å². The summed E-state index contributed by atoms with van der Waals surface area (Å²) < 4.78 is 39.2. The minimum Gasteiger partial charge on any atom is -0.289 e. The highest BCUT2D eigenvalue weighted by atomic mass is 32.2. The lowest BCUT2D eigenvalue weighted by Gasteiger charge is -2.21. The minimum atomic E-state index is -4.03. The van der Waals surface area contributed by atoms with E-state index in [2.05, 4.69) is 0 Å². The first-order valence-corrected chi connectivity index (χ1v) is 8.10. The predicted molar refractivity (Wildman–Crippen MR) is 80.4 cm³/mol. The van der Waals surface area contributed by atoms with Crippen molar-refractivity contribution in [2.24, 2.45) is 0 Å². The number of hydrogen-bond donors (Lipinski definition) is 2. The second-order valence-corrected chi connectivity index (χ2v) is 6.69. The number of nitrogens with one attached hydrogen (secondary N) is 1. The van der Waals surface area contributed by atoms with Gasteiger partial charge in [0.25, 0.3) is 5.91 Å². The van der Waals surface area contributed by atoms with E-state index < -0.39 is 28.3 Å². The zero-order valence-corrected chi connectivity index (χ0v) is 12.8. The van der Waals surface area contributed by atoms with Crippen LogP contribution in [0.1, 0.15) is 5.56 Å². The van der Waals surface area contributed by atoms with E-state index >= 15 is 0 Å². The quantitative estimate of drug-likeness (QED) is 0.618. The molecule has 8 heteroatoms. The standard InChI is InChI=1S/C15H15FN2O4S/c16-13-6-8-14(9-7-13)23(21,22)18(11-15(19)17-20)10-12-4-2-1-3-5-12/h1-9,20H,10-11H2,(H,17,19). The summed E-state index contributed by atoms with van der Waals surface area (Å²) >= 11 is 0. The normalized spacial score (nSPS) is 11.4. The Morgan fingerprint density at radius 1 is 1.09 bits per heavy atom. The number of carbonyl (C=O) groups excluding carboxylic acids is 1. The molecule has 0 heterocycles. The summed E-state index contributed by atoms with van der Waals surface area (Å²) in [4.78, 5) is 11.3. The third-order valence-corrected chi connectivity index (χ3v) is 4.90. The Morgan fingerprint density at radius 3 is 2.26 bits per heavy atom. The highest BCUT2D eigenvalue weighted by Gasteiger charge is 2.26. The lowest BCUT2D eigenvalue weighted by atomic mass is 10.2. The van der Waals surface area contributed by atoms with Crippen LogP contribution in [0.2, 0.25) is 0 Å². The molecule has 6 nitrogen and oxygen atoms in total. The molecule has 0 bridgehead atoms. The molecule has 122 valence electrons. The number of rotatable bonds is 6. The first-order valence-electron chi connectivity index (χ1n) is 6.66. The number of benzene rings is 2. The Labute approximate surface area is 133 Å². The number of amides is 1. The molecule has 0 radical (unpaired) electrons. The molecule has 0 saturated heterocycles. The SMILES string of the molecule is O=C(CN(Cc1ccccc1)S(=O)(=O)c1ccc(F)cc1)NO. The predicted octanol–water partition coefficient (Wildman–Crippen LogP) is 1.52. The van der Waals surface area contributed by atoms with Crippen molar-refractivity contribution in [2.75, 3.05) is 6.54 Å². The number of sulfonamides is 1. The molecular weight excluding hydrogens is 323 g/mol. The number of hydrogen-bond acceptors (Lipinski definition) is 4.